The summed E-state index contributed by atoms with van der Waals surface area (Å²) in [5.74, 6) is 0.550. The highest BCUT2D eigenvalue weighted by atomic mass is 35.5. The van der Waals surface area contributed by atoms with Crippen LogP contribution in [0.3, 0.4) is 0 Å². The Bertz CT molecular complexity index is 717. The first-order valence-corrected chi connectivity index (χ1v) is 7.43. The van der Waals surface area contributed by atoms with E-state index in [2.05, 4.69) is 54.3 Å². The van der Waals surface area contributed by atoms with E-state index >= 15 is 0 Å². The van der Waals surface area contributed by atoms with Crippen LogP contribution in [-0.2, 0) is 13.1 Å². The molecular weight excluding hydrogens is 266 g/mol. The molecule has 0 bridgehead atoms. The molecular formula is C18H16ClN. The Morgan fingerprint density at radius 1 is 1.05 bits per heavy atom. The molecule has 1 heterocycles. The number of hydrogen-bond donors (Lipinski definition) is 0. The summed E-state index contributed by atoms with van der Waals surface area (Å²) in [7, 11) is 0. The number of benzene rings is 2. The van der Waals surface area contributed by atoms with Gasteiger partial charge in [0.2, 0.25) is 0 Å². The number of fused-ring (bicyclic) bond motifs is 2. The summed E-state index contributed by atoms with van der Waals surface area (Å²) in [4.78, 5) is 2.41. The van der Waals surface area contributed by atoms with Gasteiger partial charge in [0.25, 0.3) is 0 Å². The number of nitrogens with zero attached hydrogens (tertiary/aromatic N) is 1. The molecule has 0 saturated heterocycles. The van der Waals surface area contributed by atoms with E-state index in [4.69, 9.17) is 11.6 Å². The second kappa shape index (κ2) is 4.39. The van der Waals surface area contributed by atoms with E-state index in [1.165, 1.54) is 27.9 Å². The van der Waals surface area contributed by atoms with Crippen molar-refractivity contribution in [2.75, 3.05) is 4.90 Å². The third-order valence-corrected chi connectivity index (χ3v) is 4.62. The van der Waals surface area contributed by atoms with Crippen LogP contribution in [0.1, 0.15) is 35.1 Å². The van der Waals surface area contributed by atoms with Crippen LogP contribution in [0.25, 0.3) is 6.08 Å². The smallest absolute Gasteiger partial charge is 0.0437 e. The van der Waals surface area contributed by atoms with Crippen LogP contribution in [0, 0.1) is 0 Å². The summed E-state index contributed by atoms with van der Waals surface area (Å²) in [6.45, 7) is 4.17. The fraction of sp³-hybridized carbons (Fsp3) is 0.222. The van der Waals surface area contributed by atoms with E-state index in [0.29, 0.717) is 5.92 Å². The van der Waals surface area contributed by atoms with Gasteiger partial charge in [-0.1, -0.05) is 42.8 Å². The normalized spacial score (nSPS) is 19.3. The Hall–Kier alpha value is -1.73. The van der Waals surface area contributed by atoms with Gasteiger partial charge in [-0.15, -0.1) is 0 Å². The summed E-state index contributed by atoms with van der Waals surface area (Å²) in [6.07, 6.45) is 4.51. The molecule has 2 aromatic rings. The molecule has 0 N–H and O–H groups in total. The van der Waals surface area contributed by atoms with Crippen LogP contribution in [0.4, 0.5) is 5.69 Å². The highest BCUT2D eigenvalue weighted by Crippen LogP contribution is 2.35. The maximum Gasteiger partial charge on any atom is 0.0437 e. The molecule has 1 atom stereocenters. The maximum atomic E-state index is 6.08. The van der Waals surface area contributed by atoms with E-state index in [0.717, 1.165) is 18.1 Å². The lowest BCUT2D eigenvalue weighted by atomic mass is 10.0. The highest BCUT2D eigenvalue weighted by molar-refractivity contribution is 6.30. The standard InChI is InChI=1S/C18H16ClN/c1-12-2-3-13-9-17(6-7-18(12)13)20-10-14-4-5-16(19)8-15(14)11-20/h2-9,12H,10-11H2,1H3. The van der Waals surface area contributed by atoms with Crippen molar-refractivity contribution in [1.29, 1.82) is 0 Å². The van der Waals surface area contributed by atoms with E-state index in [9.17, 15) is 0 Å². The Balaban J connectivity index is 1.66. The lowest BCUT2D eigenvalue weighted by Gasteiger charge is -2.19. The van der Waals surface area contributed by atoms with Gasteiger partial charge in [0.05, 0.1) is 0 Å². The van der Waals surface area contributed by atoms with Gasteiger partial charge in [0, 0.05) is 23.8 Å². The number of rotatable bonds is 1. The largest absolute Gasteiger partial charge is 0.363 e. The minimum atomic E-state index is 0.550. The molecule has 1 unspecified atom stereocenters. The molecule has 0 aromatic heterocycles. The second-order valence-corrected chi connectivity index (χ2v) is 6.17. The first-order valence-electron chi connectivity index (χ1n) is 7.05. The maximum absolute atomic E-state index is 6.08. The molecule has 4 rings (SSSR count). The Labute approximate surface area is 124 Å². The van der Waals surface area contributed by atoms with Gasteiger partial charge in [-0.3, -0.25) is 0 Å². The fourth-order valence-electron chi connectivity index (χ4n) is 3.22. The van der Waals surface area contributed by atoms with E-state index in [-0.39, 0.29) is 0 Å². The van der Waals surface area contributed by atoms with Crippen LogP contribution in [-0.4, -0.2) is 0 Å². The third-order valence-electron chi connectivity index (χ3n) is 4.38. The first-order chi connectivity index (χ1) is 9.70. The van der Waals surface area contributed by atoms with E-state index < -0.39 is 0 Å². The predicted molar refractivity (Wildman–Crippen MR) is 85.2 cm³/mol. The number of allylic oxidation sites excluding steroid dienone is 1. The average Bonchev–Trinajstić information content (AvgIpc) is 3.02. The predicted octanol–water partition coefficient (Wildman–Crippen LogP) is 4.99. The molecule has 1 nitrogen and oxygen atoms in total. The van der Waals surface area contributed by atoms with Crippen LogP contribution in [0.2, 0.25) is 5.02 Å². The quantitative estimate of drug-likeness (QED) is 0.712. The molecule has 0 fully saturated rings. The summed E-state index contributed by atoms with van der Waals surface area (Å²) in [5, 5.41) is 0.830. The van der Waals surface area contributed by atoms with Gasteiger partial charge < -0.3 is 4.90 Å². The summed E-state index contributed by atoms with van der Waals surface area (Å²) in [5.41, 5.74) is 6.84. The molecule has 2 aromatic carbocycles. The molecule has 1 aliphatic carbocycles. The molecule has 2 aliphatic rings. The number of anilines is 1. The molecule has 100 valence electrons. The molecule has 1 aliphatic heterocycles. The summed E-state index contributed by atoms with van der Waals surface area (Å²) in [6, 6.07) is 13.0. The molecule has 0 amide bonds. The number of hydrogen-bond acceptors (Lipinski definition) is 1. The molecule has 0 radical (unpaired) electrons. The van der Waals surface area contributed by atoms with Crippen molar-refractivity contribution in [3.8, 4) is 0 Å². The minimum absolute atomic E-state index is 0.550. The lowest BCUT2D eigenvalue weighted by molar-refractivity contribution is 0.878. The minimum Gasteiger partial charge on any atom is -0.363 e. The van der Waals surface area contributed by atoms with E-state index in [1.807, 2.05) is 6.07 Å². The van der Waals surface area contributed by atoms with Gasteiger partial charge in [0.1, 0.15) is 0 Å². The van der Waals surface area contributed by atoms with Gasteiger partial charge in [-0.25, -0.2) is 0 Å². The molecule has 2 heteroatoms. The summed E-state index contributed by atoms with van der Waals surface area (Å²) >= 11 is 6.08. The van der Waals surface area contributed by atoms with Gasteiger partial charge in [0.15, 0.2) is 0 Å². The fourth-order valence-corrected chi connectivity index (χ4v) is 3.41. The average molecular weight is 282 g/mol. The van der Waals surface area contributed by atoms with Crippen molar-refractivity contribution in [3.63, 3.8) is 0 Å². The van der Waals surface area contributed by atoms with Crippen molar-refractivity contribution in [1.82, 2.24) is 0 Å². The van der Waals surface area contributed by atoms with Crippen molar-refractivity contribution in [2.24, 2.45) is 0 Å². The molecule has 20 heavy (non-hydrogen) atoms. The third kappa shape index (κ3) is 1.85. The van der Waals surface area contributed by atoms with Crippen LogP contribution in [0.15, 0.2) is 42.5 Å². The van der Waals surface area contributed by atoms with Crippen LogP contribution in [0.5, 0.6) is 0 Å². The zero-order chi connectivity index (χ0) is 13.7. The van der Waals surface area contributed by atoms with Crippen molar-refractivity contribution >= 4 is 23.4 Å². The van der Waals surface area contributed by atoms with Crippen LogP contribution >= 0.6 is 11.6 Å². The van der Waals surface area contributed by atoms with Gasteiger partial charge in [-0.2, -0.15) is 0 Å². The highest BCUT2D eigenvalue weighted by Gasteiger charge is 2.21. The van der Waals surface area contributed by atoms with Crippen molar-refractivity contribution in [2.45, 2.75) is 25.9 Å². The zero-order valence-electron chi connectivity index (χ0n) is 11.4. The Morgan fingerprint density at radius 3 is 2.80 bits per heavy atom. The second-order valence-electron chi connectivity index (χ2n) is 5.73. The number of halogens is 1. The lowest BCUT2D eigenvalue weighted by Crippen LogP contribution is -2.14. The van der Waals surface area contributed by atoms with E-state index in [1.54, 1.807) is 0 Å². The summed E-state index contributed by atoms with van der Waals surface area (Å²) < 4.78 is 0. The van der Waals surface area contributed by atoms with Gasteiger partial charge in [-0.05, 0) is 52.4 Å². The zero-order valence-corrected chi connectivity index (χ0v) is 12.2. The molecule has 0 saturated carbocycles. The van der Waals surface area contributed by atoms with Gasteiger partial charge >= 0.3 is 0 Å². The van der Waals surface area contributed by atoms with Crippen molar-refractivity contribution < 1.29 is 0 Å². The van der Waals surface area contributed by atoms with Crippen molar-refractivity contribution in [3.05, 3.63) is 69.8 Å². The monoisotopic (exact) mass is 281 g/mol. The molecule has 0 spiro atoms. The van der Waals surface area contributed by atoms with Crippen LogP contribution < -0.4 is 4.90 Å². The Morgan fingerprint density at radius 2 is 1.90 bits per heavy atom. The first kappa shape index (κ1) is 12.0. The topological polar surface area (TPSA) is 3.24 Å². The SMILES string of the molecule is CC1C=Cc2cc(N3Cc4ccc(Cl)cc4C3)ccc21. The Kier molecular flexibility index (Phi) is 2.64.